The van der Waals surface area contributed by atoms with Gasteiger partial charge in [0, 0.05) is 17.6 Å². The van der Waals surface area contributed by atoms with Crippen LogP contribution in [0.2, 0.25) is 0 Å². The average molecular weight is 453 g/mol. The fourth-order valence-electron chi connectivity index (χ4n) is 4.76. The Morgan fingerprint density at radius 2 is 1.62 bits per heavy atom. The first kappa shape index (κ1) is 21.9. The standard InChI is InChI=1S/C28H28N4O2/c1-2-3-18-29-27(33)26-24(19-20-12-6-4-7-13-20)32-25(22-16-10-11-17-23(22)30-32)28(34)31(26)21-14-8-5-9-15-21/h4-17,24,26H,2-3,18-19H2,1H3,(H,29,33). The van der Waals surface area contributed by atoms with Crippen molar-refractivity contribution in [2.75, 3.05) is 11.4 Å². The van der Waals surface area contributed by atoms with Crippen molar-refractivity contribution in [1.29, 1.82) is 0 Å². The van der Waals surface area contributed by atoms with Gasteiger partial charge in [-0.15, -0.1) is 0 Å². The third kappa shape index (κ3) is 3.96. The molecule has 5 rings (SSSR count). The summed E-state index contributed by atoms with van der Waals surface area (Å²) in [6.45, 7) is 2.67. The lowest BCUT2D eigenvalue weighted by Gasteiger charge is -2.40. The minimum absolute atomic E-state index is 0.156. The fraction of sp³-hybridized carbons (Fsp3) is 0.250. The van der Waals surface area contributed by atoms with Crippen LogP contribution in [0.25, 0.3) is 10.9 Å². The van der Waals surface area contributed by atoms with E-state index >= 15 is 0 Å². The summed E-state index contributed by atoms with van der Waals surface area (Å²) in [7, 11) is 0. The molecule has 0 fully saturated rings. The van der Waals surface area contributed by atoms with Gasteiger partial charge < -0.3 is 5.32 Å². The second kappa shape index (κ2) is 9.51. The van der Waals surface area contributed by atoms with Crippen molar-refractivity contribution in [2.45, 2.75) is 38.3 Å². The first-order valence-corrected chi connectivity index (χ1v) is 11.9. The topological polar surface area (TPSA) is 67.2 Å². The molecule has 34 heavy (non-hydrogen) atoms. The van der Waals surface area contributed by atoms with Crippen molar-refractivity contribution in [3.8, 4) is 0 Å². The molecule has 2 heterocycles. The Bertz CT molecular complexity index is 1300. The van der Waals surface area contributed by atoms with E-state index < -0.39 is 6.04 Å². The number of hydrogen-bond acceptors (Lipinski definition) is 3. The molecule has 0 radical (unpaired) electrons. The molecule has 0 spiro atoms. The Morgan fingerprint density at radius 1 is 0.941 bits per heavy atom. The number of rotatable bonds is 7. The van der Waals surface area contributed by atoms with Crippen molar-refractivity contribution in [2.24, 2.45) is 0 Å². The van der Waals surface area contributed by atoms with E-state index in [0.29, 0.717) is 24.3 Å². The van der Waals surface area contributed by atoms with Crippen molar-refractivity contribution >= 4 is 28.4 Å². The molecular weight excluding hydrogens is 424 g/mol. The summed E-state index contributed by atoms with van der Waals surface area (Å²) in [4.78, 5) is 29.4. The van der Waals surface area contributed by atoms with Crippen LogP contribution in [0.15, 0.2) is 84.9 Å². The summed E-state index contributed by atoms with van der Waals surface area (Å²) >= 11 is 0. The van der Waals surface area contributed by atoms with E-state index in [-0.39, 0.29) is 17.9 Å². The van der Waals surface area contributed by atoms with Gasteiger partial charge in [-0.3, -0.25) is 19.2 Å². The number of nitrogens with one attached hydrogen (secondary N) is 1. The van der Waals surface area contributed by atoms with Gasteiger partial charge in [0.05, 0.1) is 11.6 Å². The van der Waals surface area contributed by atoms with E-state index in [2.05, 4.69) is 24.4 Å². The van der Waals surface area contributed by atoms with Gasteiger partial charge in [-0.2, -0.15) is 5.10 Å². The van der Waals surface area contributed by atoms with Crippen LogP contribution in [-0.4, -0.2) is 34.2 Å². The van der Waals surface area contributed by atoms with Gasteiger partial charge in [-0.1, -0.05) is 80.1 Å². The number of carbonyl (C=O) groups is 2. The lowest BCUT2D eigenvalue weighted by molar-refractivity contribution is -0.123. The molecule has 2 unspecified atom stereocenters. The van der Waals surface area contributed by atoms with Crippen molar-refractivity contribution < 1.29 is 9.59 Å². The molecule has 3 aromatic carbocycles. The molecule has 0 saturated carbocycles. The number of unbranched alkanes of at least 4 members (excludes halogenated alkanes) is 1. The Morgan fingerprint density at radius 3 is 2.35 bits per heavy atom. The van der Waals surface area contributed by atoms with Crippen LogP contribution in [0.4, 0.5) is 5.69 Å². The first-order valence-electron chi connectivity index (χ1n) is 11.9. The summed E-state index contributed by atoms with van der Waals surface area (Å²) in [5.41, 5.74) is 3.08. The van der Waals surface area contributed by atoms with E-state index in [1.165, 1.54) is 0 Å². The maximum atomic E-state index is 14.0. The summed E-state index contributed by atoms with van der Waals surface area (Å²) in [6.07, 6.45) is 2.44. The highest BCUT2D eigenvalue weighted by Crippen LogP contribution is 2.36. The summed E-state index contributed by atoms with van der Waals surface area (Å²) < 4.78 is 1.80. The molecule has 1 N–H and O–H groups in total. The van der Waals surface area contributed by atoms with Crippen LogP contribution in [0, 0.1) is 0 Å². The molecule has 2 atom stereocenters. The highest BCUT2D eigenvalue weighted by atomic mass is 16.2. The lowest BCUT2D eigenvalue weighted by Crippen LogP contribution is -2.58. The molecule has 1 aliphatic rings. The zero-order chi connectivity index (χ0) is 23.5. The normalized spacial score (nSPS) is 17.6. The highest BCUT2D eigenvalue weighted by molar-refractivity contribution is 6.16. The van der Waals surface area contributed by atoms with E-state index in [4.69, 9.17) is 5.10 Å². The average Bonchev–Trinajstić information content (AvgIpc) is 3.27. The zero-order valence-corrected chi connectivity index (χ0v) is 19.2. The number of anilines is 1. The minimum atomic E-state index is -0.728. The summed E-state index contributed by atoms with van der Waals surface area (Å²) in [5, 5.41) is 8.71. The van der Waals surface area contributed by atoms with Gasteiger partial charge in [-0.05, 0) is 36.6 Å². The van der Waals surface area contributed by atoms with Gasteiger partial charge >= 0.3 is 0 Å². The molecule has 4 aromatic rings. The van der Waals surface area contributed by atoms with Crippen molar-refractivity contribution in [3.05, 3.63) is 96.2 Å². The minimum Gasteiger partial charge on any atom is -0.354 e. The number of fused-ring (bicyclic) bond motifs is 3. The second-order valence-corrected chi connectivity index (χ2v) is 8.67. The SMILES string of the molecule is CCCCNC(=O)C1C(Cc2ccccc2)n2nc3ccccc3c2C(=O)N1c1ccccc1. The lowest BCUT2D eigenvalue weighted by atomic mass is 9.93. The number of nitrogens with zero attached hydrogens (tertiary/aromatic N) is 3. The van der Waals surface area contributed by atoms with Crippen LogP contribution < -0.4 is 10.2 Å². The van der Waals surface area contributed by atoms with Crippen molar-refractivity contribution in [1.82, 2.24) is 15.1 Å². The van der Waals surface area contributed by atoms with Crippen LogP contribution in [0.3, 0.4) is 0 Å². The number of hydrogen-bond donors (Lipinski definition) is 1. The van der Waals surface area contributed by atoms with Crippen LogP contribution in [-0.2, 0) is 11.2 Å². The summed E-state index contributed by atoms with van der Waals surface area (Å²) in [5.74, 6) is -0.364. The number of carbonyl (C=O) groups excluding carboxylic acids is 2. The maximum Gasteiger partial charge on any atom is 0.278 e. The Balaban J connectivity index is 1.69. The van der Waals surface area contributed by atoms with Crippen LogP contribution in [0.1, 0.15) is 41.9 Å². The molecule has 2 amide bonds. The number of aromatic nitrogens is 2. The van der Waals surface area contributed by atoms with Gasteiger partial charge in [-0.25, -0.2) is 0 Å². The monoisotopic (exact) mass is 452 g/mol. The largest absolute Gasteiger partial charge is 0.354 e. The number of amides is 2. The Kier molecular flexibility index (Phi) is 6.12. The molecule has 0 saturated heterocycles. The first-order chi connectivity index (χ1) is 16.7. The number of benzene rings is 3. The van der Waals surface area contributed by atoms with Crippen molar-refractivity contribution in [3.63, 3.8) is 0 Å². The predicted octanol–water partition coefficient (Wildman–Crippen LogP) is 4.77. The molecule has 0 aliphatic carbocycles. The molecule has 1 aromatic heterocycles. The van der Waals surface area contributed by atoms with Crippen LogP contribution >= 0.6 is 0 Å². The molecular formula is C28H28N4O2. The second-order valence-electron chi connectivity index (χ2n) is 8.67. The van der Waals surface area contributed by atoms with E-state index in [1.807, 2.05) is 72.8 Å². The zero-order valence-electron chi connectivity index (χ0n) is 19.2. The Labute approximate surface area is 199 Å². The van der Waals surface area contributed by atoms with Gasteiger partial charge in [0.1, 0.15) is 11.7 Å². The van der Waals surface area contributed by atoms with Crippen LogP contribution in [0.5, 0.6) is 0 Å². The third-order valence-corrected chi connectivity index (χ3v) is 6.40. The molecule has 6 heteroatoms. The maximum absolute atomic E-state index is 14.0. The Hall–Kier alpha value is -3.93. The van der Waals surface area contributed by atoms with E-state index in [9.17, 15) is 9.59 Å². The van der Waals surface area contributed by atoms with Gasteiger partial charge in [0.2, 0.25) is 5.91 Å². The highest BCUT2D eigenvalue weighted by Gasteiger charge is 2.46. The van der Waals surface area contributed by atoms with E-state index in [1.54, 1.807) is 9.58 Å². The molecule has 0 bridgehead atoms. The quantitative estimate of drug-likeness (QED) is 0.411. The predicted molar refractivity (Wildman–Crippen MR) is 134 cm³/mol. The third-order valence-electron chi connectivity index (χ3n) is 6.40. The van der Waals surface area contributed by atoms with E-state index in [0.717, 1.165) is 29.3 Å². The fourth-order valence-corrected chi connectivity index (χ4v) is 4.76. The molecule has 1 aliphatic heterocycles. The molecule has 172 valence electrons. The molecule has 6 nitrogen and oxygen atoms in total. The smallest absolute Gasteiger partial charge is 0.278 e. The summed E-state index contributed by atoms with van der Waals surface area (Å²) in [6, 6.07) is 26.1. The van der Waals surface area contributed by atoms with Gasteiger partial charge in [0.15, 0.2) is 0 Å². The van der Waals surface area contributed by atoms with Gasteiger partial charge in [0.25, 0.3) is 5.91 Å². The number of para-hydroxylation sites is 1.